The van der Waals surface area contributed by atoms with Gasteiger partial charge in [0.2, 0.25) is 5.95 Å². The molecule has 1 N–H and O–H groups in total. The maximum atomic E-state index is 12.1. The van der Waals surface area contributed by atoms with Gasteiger partial charge in [0.15, 0.2) is 0 Å². The molecule has 0 saturated carbocycles. The van der Waals surface area contributed by atoms with Crippen LogP contribution in [0.4, 0.5) is 11.6 Å². The Kier molecular flexibility index (Phi) is 3.65. The van der Waals surface area contributed by atoms with Crippen molar-refractivity contribution < 1.29 is 14.5 Å². The highest BCUT2D eigenvalue weighted by Crippen LogP contribution is 2.24. The number of amides is 1. The van der Waals surface area contributed by atoms with Gasteiger partial charge in [0.1, 0.15) is 11.3 Å². The van der Waals surface area contributed by atoms with Gasteiger partial charge in [0.05, 0.1) is 12.0 Å². The van der Waals surface area contributed by atoms with Gasteiger partial charge in [-0.05, 0) is 12.1 Å². The monoisotopic (exact) mass is 276 g/mol. The highest BCUT2D eigenvalue weighted by atomic mass is 16.6. The molecule has 0 aliphatic carbocycles. The Morgan fingerprint density at radius 2 is 2.25 bits per heavy atom. The lowest BCUT2D eigenvalue weighted by molar-refractivity contribution is -0.385. The molecule has 0 radical (unpaired) electrons. The topological polar surface area (TPSA) is 99.3 Å². The van der Waals surface area contributed by atoms with E-state index < -0.39 is 10.8 Å². The van der Waals surface area contributed by atoms with Crippen molar-refractivity contribution >= 4 is 17.5 Å². The number of carbonyl (C=O) groups excluding carboxylic acids is 1. The number of nitrogens with zero attached hydrogens (tertiary/aromatic N) is 3. The zero-order valence-corrected chi connectivity index (χ0v) is 10.9. The van der Waals surface area contributed by atoms with E-state index in [9.17, 15) is 14.9 Å². The summed E-state index contributed by atoms with van der Waals surface area (Å²) >= 11 is 0. The van der Waals surface area contributed by atoms with Crippen molar-refractivity contribution in [2.75, 3.05) is 12.4 Å². The number of anilines is 1. The molecule has 1 amide bonds. The summed E-state index contributed by atoms with van der Waals surface area (Å²) in [4.78, 5) is 26.4. The standard InChI is InChI=1S/C12H12N4O4/c1-15-6-5-13-12(15)14-11(17)9-7-8(20-2)3-4-10(9)16(18)19/h3-7H,1-2H3,(H,13,14,17). The van der Waals surface area contributed by atoms with Crippen molar-refractivity contribution in [2.45, 2.75) is 0 Å². The number of hydrogen-bond acceptors (Lipinski definition) is 5. The second kappa shape index (κ2) is 5.39. The van der Waals surface area contributed by atoms with Crippen molar-refractivity contribution in [3.63, 3.8) is 0 Å². The van der Waals surface area contributed by atoms with Crippen LogP contribution in [0.25, 0.3) is 0 Å². The van der Waals surface area contributed by atoms with Crippen molar-refractivity contribution in [3.8, 4) is 5.75 Å². The van der Waals surface area contributed by atoms with Crippen LogP contribution in [-0.4, -0.2) is 27.5 Å². The van der Waals surface area contributed by atoms with E-state index in [1.165, 1.54) is 31.5 Å². The Balaban J connectivity index is 2.37. The second-order valence-electron chi connectivity index (χ2n) is 3.96. The first kappa shape index (κ1) is 13.5. The van der Waals surface area contributed by atoms with Crippen molar-refractivity contribution in [3.05, 3.63) is 46.3 Å². The van der Waals surface area contributed by atoms with Crippen LogP contribution in [0.2, 0.25) is 0 Å². The Labute approximate surface area is 114 Å². The van der Waals surface area contributed by atoms with Gasteiger partial charge < -0.3 is 9.30 Å². The third-order valence-electron chi connectivity index (χ3n) is 2.69. The Hall–Kier alpha value is -2.90. The summed E-state index contributed by atoms with van der Waals surface area (Å²) in [6.07, 6.45) is 3.16. The van der Waals surface area contributed by atoms with E-state index in [0.717, 1.165) is 0 Å². The van der Waals surface area contributed by atoms with E-state index in [1.54, 1.807) is 17.8 Å². The number of rotatable bonds is 4. The largest absolute Gasteiger partial charge is 0.497 e. The molecule has 0 spiro atoms. The minimum atomic E-state index is -0.620. The number of aryl methyl sites for hydroxylation is 1. The molecule has 1 heterocycles. The van der Waals surface area contributed by atoms with Crippen molar-refractivity contribution in [2.24, 2.45) is 7.05 Å². The first-order valence-corrected chi connectivity index (χ1v) is 5.64. The lowest BCUT2D eigenvalue weighted by Crippen LogP contribution is -2.16. The number of nitrogens with one attached hydrogen (secondary N) is 1. The molecule has 0 saturated heterocycles. The SMILES string of the molecule is COc1ccc([N+](=O)[O-])c(C(=O)Nc2nccn2C)c1. The molecule has 0 aliphatic rings. The van der Waals surface area contributed by atoms with Crippen molar-refractivity contribution in [1.29, 1.82) is 0 Å². The van der Waals surface area contributed by atoms with E-state index in [-0.39, 0.29) is 11.3 Å². The third-order valence-corrected chi connectivity index (χ3v) is 2.69. The third kappa shape index (κ3) is 2.58. The second-order valence-corrected chi connectivity index (χ2v) is 3.96. The van der Waals surface area contributed by atoms with E-state index >= 15 is 0 Å². The smallest absolute Gasteiger partial charge is 0.282 e. The summed E-state index contributed by atoms with van der Waals surface area (Å²) in [5.41, 5.74) is -0.380. The molecular weight excluding hydrogens is 264 g/mol. The summed E-state index contributed by atoms with van der Waals surface area (Å²) < 4.78 is 6.56. The summed E-state index contributed by atoms with van der Waals surface area (Å²) in [6, 6.07) is 3.97. The molecule has 2 aromatic rings. The van der Waals surface area contributed by atoms with Gasteiger partial charge in [-0.3, -0.25) is 20.2 Å². The van der Waals surface area contributed by atoms with E-state index in [4.69, 9.17) is 4.74 Å². The summed E-state index contributed by atoms with van der Waals surface area (Å²) in [6.45, 7) is 0. The molecule has 20 heavy (non-hydrogen) atoms. The van der Waals surface area contributed by atoms with Crippen LogP contribution in [0.3, 0.4) is 0 Å². The van der Waals surface area contributed by atoms with Crippen LogP contribution in [0.5, 0.6) is 5.75 Å². The number of hydrogen-bond donors (Lipinski definition) is 1. The average molecular weight is 276 g/mol. The van der Waals surface area contributed by atoms with Crippen LogP contribution in [-0.2, 0) is 7.05 Å². The van der Waals surface area contributed by atoms with Crippen LogP contribution < -0.4 is 10.1 Å². The molecule has 0 aliphatic heterocycles. The summed E-state index contributed by atoms with van der Waals surface area (Å²) in [5.74, 6) is 0.0395. The fraction of sp³-hybridized carbons (Fsp3) is 0.167. The zero-order valence-electron chi connectivity index (χ0n) is 10.9. The number of aromatic nitrogens is 2. The number of imidazole rings is 1. The number of benzene rings is 1. The van der Waals surface area contributed by atoms with Crippen LogP contribution in [0.15, 0.2) is 30.6 Å². The molecule has 1 aromatic heterocycles. The fourth-order valence-electron chi connectivity index (χ4n) is 1.64. The number of carbonyl (C=O) groups is 1. The van der Waals surface area contributed by atoms with Gasteiger partial charge in [-0.25, -0.2) is 4.98 Å². The quantitative estimate of drug-likeness (QED) is 0.675. The number of nitro groups is 1. The van der Waals surface area contributed by atoms with Gasteiger partial charge in [-0.15, -0.1) is 0 Å². The lowest BCUT2D eigenvalue weighted by Gasteiger charge is -2.07. The molecule has 8 nitrogen and oxygen atoms in total. The molecule has 2 rings (SSSR count). The van der Waals surface area contributed by atoms with Gasteiger partial charge in [-0.2, -0.15) is 0 Å². The van der Waals surface area contributed by atoms with Gasteiger partial charge in [-0.1, -0.05) is 0 Å². The Morgan fingerprint density at radius 3 is 2.80 bits per heavy atom. The molecular formula is C12H12N4O4. The number of ether oxygens (including phenoxy) is 1. The summed E-state index contributed by atoms with van der Waals surface area (Å²) in [7, 11) is 3.12. The van der Waals surface area contributed by atoms with Crippen molar-refractivity contribution in [1.82, 2.24) is 9.55 Å². The maximum absolute atomic E-state index is 12.1. The van der Waals surface area contributed by atoms with Gasteiger partial charge >= 0.3 is 0 Å². The van der Waals surface area contributed by atoms with Crippen LogP contribution in [0.1, 0.15) is 10.4 Å². The normalized spacial score (nSPS) is 10.1. The Bertz CT molecular complexity index is 665. The van der Waals surface area contributed by atoms with Gasteiger partial charge in [0, 0.05) is 25.5 Å². The first-order valence-electron chi connectivity index (χ1n) is 5.64. The first-order chi connectivity index (χ1) is 9.52. The zero-order chi connectivity index (χ0) is 14.7. The maximum Gasteiger partial charge on any atom is 0.282 e. The Morgan fingerprint density at radius 1 is 1.50 bits per heavy atom. The predicted octanol–water partition coefficient (Wildman–Crippen LogP) is 1.59. The lowest BCUT2D eigenvalue weighted by atomic mass is 10.1. The van der Waals surface area contributed by atoms with Crippen LogP contribution in [0, 0.1) is 10.1 Å². The van der Waals surface area contributed by atoms with Crippen LogP contribution >= 0.6 is 0 Å². The molecule has 0 bridgehead atoms. The molecule has 104 valence electrons. The fourth-order valence-corrected chi connectivity index (χ4v) is 1.64. The van der Waals surface area contributed by atoms with Gasteiger partial charge in [0.25, 0.3) is 11.6 Å². The van der Waals surface area contributed by atoms with E-state index in [1.807, 2.05) is 0 Å². The van der Waals surface area contributed by atoms with E-state index in [0.29, 0.717) is 11.7 Å². The molecule has 1 aromatic carbocycles. The summed E-state index contributed by atoms with van der Waals surface area (Å²) in [5, 5.41) is 13.5. The highest BCUT2D eigenvalue weighted by Gasteiger charge is 2.22. The molecule has 0 atom stereocenters. The van der Waals surface area contributed by atoms with E-state index in [2.05, 4.69) is 10.3 Å². The number of nitro benzene ring substituents is 1. The minimum Gasteiger partial charge on any atom is -0.497 e. The number of methoxy groups -OCH3 is 1. The molecule has 8 heteroatoms. The molecule has 0 fully saturated rings. The average Bonchev–Trinajstić information content (AvgIpc) is 2.83. The predicted molar refractivity (Wildman–Crippen MR) is 70.8 cm³/mol. The highest BCUT2D eigenvalue weighted by molar-refractivity contribution is 6.06. The minimum absolute atomic E-state index is 0.0858. The molecule has 0 unspecified atom stereocenters.